The first-order valence-corrected chi connectivity index (χ1v) is 63.4. The first kappa shape index (κ1) is 75.1. The monoisotopic (exact) mass is 1420 g/mol. The molecule has 0 bridgehead atoms. The maximum atomic E-state index is 7.35. The van der Waals surface area contributed by atoms with E-state index in [0.717, 1.165) is 111 Å². The average molecular weight is 1420 g/mol. The highest BCUT2D eigenvalue weighted by molar-refractivity contribution is 6.86. The molecular formula is C75H136O10Si8. The second-order valence-corrected chi connectivity index (χ2v) is 72.5. The number of epoxide rings is 4. The topological polar surface area (TPSA) is 106 Å². The molecule has 8 aliphatic rings. The number of hydrogen-bond donors (Lipinski definition) is 0. The Bertz CT molecular complexity index is 2560. The van der Waals surface area contributed by atoms with Gasteiger partial charge in [-0.25, -0.2) is 0 Å². The lowest BCUT2D eigenvalue weighted by Gasteiger charge is -2.35. The zero-order valence-corrected chi connectivity index (χ0v) is 70.6. The van der Waals surface area contributed by atoms with Crippen LogP contribution in [0.25, 0.3) is 0 Å². The molecule has 0 aromatic heterocycles. The number of ether oxygens (including phenoxy) is 6. The van der Waals surface area contributed by atoms with Crippen LogP contribution >= 0.6 is 0 Å². The summed E-state index contributed by atoms with van der Waals surface area (Å²) in [6, 6.07) is 24.0. The molecule has 0 N–H and O–H groups in total. The van der Waals surface area contributed by atoms with E-state index in [0.29, 0.717) is 48.8 Å². The summed E-state index contributed by atoms with van der Waals surface area (Å²) in [6.45, 7) is 46.0. The Balaban J connectivity index is 0.801. The van der Waals surface area contributed by atoms with Gasteiger partial charge in [0.15, 0.2) is 66.5 Å². The van der Waals surface area contributed by atoms with Crippen molar-refractivity contribution in [2.24, 2.45) is 23.7 Å². The summed E-state index contributed by atoms with van der Waals surface area (Å²) in [5, 5.41) is 0. The van der Waals surface area contributed by atoms with Crippen molar-refractivity contribution >= 4 is 66.5 Å². The van der Waals surface area contributed by atoms with Crippen molar-refractivity contribution in [1.82, 2.24) is 0 Å². The lowest BCUT2D eigenvalue weighted by Crippen LogP contribution is -2.44. The zero-order chi connectivity index (χ0) is 66.8. The molecule has 4 aliphatic heterocycles. The molecule has 10 rings (SSSR count). The van der Waals surface area contributed by atoms with Gasteiger partial charge in [0.25, 0.3) is 0 Å². The molecule has 4 heterocycles. The van der Waals surface area contributed by atoms with E-state index in [2.05, 4.69) is 155 Å². The Labute approximate surface area is 577 Å². The van der Waals surface area contributed by atoms with Gasteiger partial charge in [0.2, 0.25) is 0 Å². The van der Waals surface area contributed by atoms with Crippen LogP contribution in [0, 0.1) is 23.7 Å². The second-order valence-electron chi connectivity index (χ2n) is 37.1. The third-order valence-electron chi connectivity index (χ3n) is 23.7. The summed E-state index contributed by atoms with van der Waals surface area (Å²) in [4.78, 5) is 0. The molecule has 12 unspecified atom stereocenters. The van der Waals surface area contributed by atoms with Gasteiger partial charge < -0.3 is 44.9 Å². The van der Waals surface area contributed by atoms with Gasteiger partial charge in [0.05, 0.1) is 62.0 Å². The van der Waals surface area contributed by atoms with Crippen LogP contribution in [-0.2, 0) is 53.7 Å². The molecule has 2 aromatic carbocycles. The highest BCUT2D eigenvalue weighted by Crippen LogP contribution is 2.47. The molecule has 4 saturated carbocycles. The van der Waals surface area contributed by atoms with Gasteiger partial charge in [0.1, 0.15) is 11.5 Å². The minimum Gasteiger partial charge on any atom is -0.493 e. The van der Waals surface area contributed by atoms with Crippen molar-refractivity contribution in [3.63, 3.8) is 0 Å². The SMILES string of the molecule is CC(C)(c1ccc(OCCC[Si](C)(C)O[Si](C)(C)CCC2CCC3OC3C2)c(CCC[Si](C)(C)O[Si](C)(C)CCC2CCC3OC3C2)c1)c1ccc(OCCC[Si](C)(C)O[Si](C)(C)CCC2CCC3OC3C2)c(CCC[Si](C)(C)O[Si](C)(C)CCC2CCC3OC3C2)c1. The standard InChI is InChI=1S/C75H136O10Si8/c1-75(2,63-29-35-65(76-41-21-45-88(7,8)84-92(15,16)49-39-59-27-33-69-73(53-59)80-69)61(55-63)23-19-43-86(3,4)82-90(11,12)47-37-57-25-31-67-71(51-57)78-67)64-30-36-66(77-42-22-46-89(9,10)85-93(17,18)50-40-60-28-34-70-74(54-60)81-70)62(56-64)24-20-44-87(5,6)83-91(13,14)48-38-58-26-32-68-72(52-58)79-68/h29-30,35-36,55-60,67-74H,19-28,31-34,37-54H2,1-18H3. The van der Waals surface area contributed by atoms with Gasteiger partial charge >= 0.3 is 0 Å². The molecule has 4 aliphatic carbocycles. The number of rotatable bonds is 40. The minimum absolute atomic E-state index is 0.251. The first-order chi connectivity index (χ1) is 43.6. The summed E-state index contributed by atoms with van der Waals surface area (Å²) < 4.78 is 66.7. The lowest BCUT2D eigenvalue weighted by atomic mass is 9.76. The molecular weight excluding hydrogens is 1290 g/mol. The van der Waals surface area contributed by atoms with E-state index in [1.54, 1.807) is 0 Å². The first-order valence-electron chi connectivity index (χ1n) is 38.5. The zero-order valence-electron chi connectivity index (χ0n) is 62.6. The lowest BCUT2D eigenvalue weighted by molar-refractivity contribution is 0.311. The van der Waals surface area contributed by atoms with Crippen LogP contribution in [0.1, 0.15) is 165 Å². The van der Waals surface area contributed by atoms with Gasteiger partial charge in [-0.3, -0.25) is 0 Å². The van der Waals surface area contributed by atoms with Crippen LogP contribution < -0.4 is 9.47 Å². The molecule has 528 valence electrons. The maximum absolute atomic E-state index is 7.35. The van der Waals surface area contributed by atoms with E-state index in [-0.39, 0.29) is 5.41 Å². The minimum atomic E-state index is -1.93. The van der Waals surface area contributed by atoms with Gasteiger partial charge in [0, 0.05) is 5.41 Å². The van der Waals surface area contributed by atoms with E-state index < -0.39 is 66.5 Å². The van der Waals surface area contributed by atoms with Crippen LogP contribution in [0.4, 0.5) is 0 Å². The van der Waals surface area contributed by atoms with Gasteiger partial charge in [-0.15, -0.1) is 0 Å². The summed E-state index contributed by atoms with van der Waals surface area (Å²) in [5.41, 5.74) is 5.12. The Morgan fingerprint density at radius 2 is 0.591 bits per heavy atom. The van der Waals surface area contributed by atoms with Crippen molar-refractivity contribution in [3.8, 4) is 11.5 Å². The molecule has 8 fully saturated rings. The molecule has 2 aromatic rings. The van der Waals surface area contributed by atoms with E-state index in [1.165, 1.54) is 149 Å². The van der Waals surface area contributed by atoms with Crippen molar-refractivity contribution in [1.29, 1.82) is 0 Å². The molecule has 4 saturated heterocycles. The largest absolute Gasteiger partial charge is 0.493 e. The summed E-state index contributed by atoms with van der Waals surface area (Å²) in [7, 11) is -14.9. The fraction of sp³-hybridized carbons (Fsp3) is 0.840. The molecule has 93 heavy (non-hydrogen) atoms. The quantitative estimate of drug-likeness (QED) is 0.0364. The fourth-order valence-corrected chi connectivity index (χ4v) is 53.8. The van der Waals surface area contributed by atoms with Gasteiger partial charge in [-0.2, -0.15) is 0 Å². The normalized spacial score (nSPS) is 28.2. The van der Waals surface area contributed by atoms with Crippen LogP contribution in [0.2, 0.25) is 153 Å². The van der Waals surface area contributed by atoms with E-state index in [1.807, 2.05) is 0 Å². The smallest absolute Gasteiger partial charge is 0.173 e. The van der Waals surface area contributed by atoms with Gasteiger partial charge in [-0.05, 0) is 327 Å². The summed E-state index contributed by atoms with van der Waals surface area (Å²) in [6.07, 6.45) is 31.5. The Morgan fingerprint density at radius 3 is 0.860 bits per heavy atom. The van der Waals surface area contributed by atoms with Crippen LogP contribution in [0.3, 0.4) is 0 Å². The van der Waals surface area contributed by atoms with Gasteiger partial charge in [-0.1, -0.05) is 63.8 Å². The molecule has 0 spiro atoms. The van der Waals surface area contributed by atoms with E-state index in [9.17, 15) is 0 Å². The predicted molar refractivity (Wildman–Crippen MR) is 407 cm³/mol. The number of fused-ring (bicyclic) bond motifs is 4. The molecule has 0 radical (unpaired) electrons. The second kappa shape index (κ2) is 31.0. The molecule has 12 atom stereocenters. The highest BCUT2D eigenvalue weighted by atomic mass is 28.4. The third kappa shape index (κ3) is 23.8. The number of aryl methyl sites for hydroxylation is 2. The van der Waals surface area contributed by atoms with Crippen molar-refractivity contribution < 1.29 is 44.9 Å². The van der Waals surface area contributed by atoms with Crippen LogP contribution in [0.15, 0.2) is 36.4 Å². The van der Waals surface area contributed by atoms with Crippen LogP contribution in [-0.4, -0.2) is 129 Å². The third-order valence-corrected chi connectivity index (χ3v) is 53.5. The highest BCUT2D eigenvalue weighted by Gasteiger charge is 2.48. The fourth-order valence-electron chi connectivity index (χ4n) is 18.1. The predicted octanol–water partition coefficient (Wildman–Crippen LogP) is 21.0. The Hall–Kier alpha value is -0.545. The van der Waals surface area contributed by atoms with E-state index in [4.69, 9.17) is 44.9 Å². The van der Waals surface area contributed by atoms with E-state index >= 15 is 0 Å². The van der Waals surface area contributed by atoms with Crippen molar-refractivity contribution in [2.75, 3.05) is 13.2 Å². The molecule has 0 amide bonds. The maximum Gasteiger partial charge on any atom is 0.173 e. The molecule has 10 nitrogen and oxygen atoms in total. The molecule has 18 heteroatoms. The summed E-state index contributed by atoms with van der Waals surface area (Å²) >= 11 is 0. The van der Waals surface area contributed by atoms with Crippen LogP contribution in [0.5, 0.6) is 11.5 Å². The van der Waals surface area contributed by atoms with Crippen molar-refractivity contribution in [3.05, 3.63) is 58.7 Å². The average Bonchev–Trinajstić information content (AvgIpc) is 1.74. The number of benzene rings is 2. The number of hydrogen-bond acceptors (Lipinski definition) is 10. The van der Waals surface area contributed by atoms with Crippen molar-refractivity contribution in [2.45, 2.75) is 362 Å². The Kier molecular flexibility index (Phi) is 25.0. The Morgan fingerprint density at radius 1 is 0.333 bits per heavy atom. The summed E-state index contributed by atoms with van der Waals surface area (Å²) in [5.74, 6) is 5.37.